The first-order valence-electron chi connectivity index (χ1n) is 11.3. The number of rotatable bonds is 10. The van der Waals surface area contributed by atoms with Crippen molar-refractivity contribution in [1.29, 1.82) is 0 Å². The minimum Gasteiger partial charge on any atom is -0.491 e. The minimum absolute atomic E-state index is 0.217. The Labute approximate surface area is 202 Å². The van der Waals surface area contributed by atoms with Crippen molar-refractivity contribution in [2.75, 3.05) is 26.9 Å². The number of aromatic nitrogens is 1. The topological polar surface area (TPSA) is 113 Å². The standard InChI is InChI=1S/C26H27NO8/c1-16(28)33-9-6-10-34-23-13-21-19(20-12-22(26(30)31-2)27-24(20)23)11-18(35-25(21)29)15-32-14-17-7-4-3-5-8-17/h3-5,7-8,12-13,18,27H,6,9-11,14-15H2,1-2H3/t18-/m0/s1. The van der Waals surface area contributed by atoms with Crippen LogP contribution in [-0.2, 0) is 36.8 Å². The predicted molar refractivity (Wildman–Crippen MR) is 125 cm³/mol. The van der Waals surface area contributed by atoms with E-state index in [0.717, 1.165) is 11.1 Å². The van der Waals surface area contributed by atoms with Crippen LogP contribution in [0.5, 0.6) is 5.75 Å². The molecule has 0 spiro atoms. The average Bonchev–Trinajstić information content (AvgIpc) is 3.30. The van der Waals surface area contributed by atoms with Gasteiger partial charge in [0.25, 0.3) is 0 Å². The second-order valence-electron chi connectivity index (χ2n) is 8.14. The number of aromatic amines is 1. The summed E-state index contributed by atoms with van der Waals surface area (Å²) in [7, 11) is 1.30. The Morgan fingerprint density at radius 2 is 1.94 bits per heavy atom. The van der Waals surface area contributed by atoms with E-state index in [1.165, 1.54) is 14.0 Å². The number of hydrogen-bond donors (Lipinski definition) is 1. The molecule has 0 radical (unpaired) electrons. The second-order valence-corrected chi connectivity index (χ2v) is 8.14. The Morgan fingerprint density at radius 3 is 2.69 bits per heavy atom. The molecule has 3 aromatic rings. The highest BCUT2D eigenvalue weighted by molar-refractivity contribution is 6.04. The van der Waals surface area contributed by atoms with E-state index in [2.05, 4.69) is 4.98 Å². The van der Waals surface area contributed by atoms with Gasteiger partial charge >= 0.3 is 17.9 Å². The summed E-state index contributed by atoms with van der Waals surface area (Å²) in [5.41, 5.74) is 2.98. The van der Waals surface area contributed by atoms with Crippen LogP contribution >= 0.6 is 0 Å². The van der Waals surface area contributed by atoms with Gasteiger partial charge in [-0.15, -0.1) is 0 Å². The fourth-order valence-corrected chi connectivity index (χ4v) is 3.97. The lowest BCUT2D eigenvalue weighted by atomic mass is 9.94. The highest BCUT2D eigenvalue weighted by Crippen LogP contribution is 2.36. The van der Waals surface area contributed by atoms with E-state index in [9.17, 15) is 14.4 Å². The number of carbonyl (C=O) groups excluding carboxylic acids is 3. The van der Waals surface area contributed by atoms with Gasteiger partial charge in [-0.25, -0.2) is 9.59 Å². The van der Waals surface area contributed by atoms with Gasteiger partial charge in [-0.1, -0.05) is 30.3 Å². The maximum atomic E-state index is 12.9. The van der Waals surface area contributed by atoms with Crippen molar-refractivity contribution in [3.63, 3.8) is 0 Å². The van der Waals surface area contributed by atoms with E-state index in [4.69, 9.17) is 23.7 Å². The van der Waals surface area contributed by atoms with Crippen LogP contribution < -0.4 is 4.74 Å². The van der Waals surface area contributed by atoms with Gasteiger partial charge in [-0.05, 0) is 23.3 Å². The molecule has 0 bridgehead atoms. The summed E-state index contributed by atoms with van der Waals surface area (Å²) < 4.78 is 27.1. The molecule has 1 aliphatic rings. The summed E-state index contributed by atoms with van der Waals surface area (Å²) in [6.45, 7) is 2.46. The summed E-state index contributed by atoms with van der Waals surface area (Å²) in [5, 5.41) is 0.683. The Balaban J connectivity index is 1.55. The van der Waals surface area contributed by atoms with Crippen LogP contribution in [0.1, 0.15) is 45.3 Å². The average molecular weight is 482 g/mol. The lowest BCUT2D eigenvalue weighted by Crippen LogP contribution is -2.31. The number of H-pyrrole nitrogens is 1. The predicted octanol–water partition coefficient (Wildman–Crippen LogP) is 3.58. The van der Waals surface area contributed by atoms with Gasteiger partial charge in [0.1, 0.15) is 17.5 Å². The lowest BCUT2D eigenvalue weighted by Gasteiger charge is -2.26. The third-order valence-corrected chi connectivity index (χ3v) is 5.59. The lowest BCUT2D eigenvalue weighted by molar-refractivity contribution is -0.141. The van der Waals surface area contributed by atoms with Crippen LogP contribution in [0.15, 0.2) is 42.5 Å². The molecule has 184 valence electrons. The number of ether oxygens (including phenoxy) is 5. The Hall–Kier alpha value is -3.85. The fourth-order valence-electron chi connectivity index (χ4n) is 3.97. The van der Waals surface area contributed by atoms with Gasteiger partial charge in [0.15, 0.2) is 0 Å². The van der Waals surface area contributed by atoms with Crippen molar-refractivity contribution in [2.45, 2.75) is 32.5 Å². The zero-order valence-electron chi connectivity index (χ0n) is 19.6. The van der Waals surface area contributed by atoms with Crippen molar-refractivity contribution in [3.05, 3.63) is 64.8 Å². The molecule has 1 atom stereocenters. The highest BCUT2D eigenvalue weighted by atomic mass is 16.6. The summed E-state index contributed by atoms with van der Waals surface area (Å²) in [6, 6.07) is 13.0. The first kappa shape index (κ1) is 24.3. The van der Waals surface area contributed by atoms with Gasteiger partial charge in [0.05, 0.1) is 44.6 Å². The molecular weight excluding hydrogens is 454 g/mol. The summed E-state index contributed by atoms with van der Waals surface area (Å²) >= 11 is 0. The number of hydrogen-bond acceptors (Lipinski definition) is 8. The Bertz CT molecular complexity index is 1220. The molecule has 0 unspecified atom stereocenters. The molecule has 9 nitrogen and oxygen atoms in total. The van der Waals surface area contributed by atoms with Crippen LogP contribution in [0.2, 0.25) is 0 Å². The van der Waals surface area contributed by atoms with Gasteiger partial charge in [-0.2, -0.15) is 0 Å². The van der Waals surface area contributed by atoms with E-state index in [-0.39, 0.29) is 31.5 Å². The molecule has 0 aliphatic carbocycles. The zero-order chi connectivity index (χ0) is 24.8. The molecule has 2 heterocycles. The molecule has 0 saturated carbocycles. The van der Waals surface area contributed by atoms with Crippen LogP contribution in [0.4, 0.5) is 0 Å². The zero-order valence-corrected chi connectivity index (χ0v) is 19.6. The van der Waals surface area contributed by atoms with Crippen molar-refractivity contribution in [3.8, 4) is 5.75 Å². The Morgan fingerprint density at radius 1 is 1.14 bits per heavy atom. The highest BCUT2D eigenvalue weighted by Gasteiger charge is 2.31. The van der Waals surface area contributed by atoms with Gasteiger partial charge in [0.2, 0.25) is 0 Å². The molecule has 9 heteroatoms. The number of esters is 3. The number of benzene rings is 2. The largest absolute Gasteiger partial charge is 0.491 e. The van der Waals surface area contributed by atoms with Gasteiger partial charge < -0.3 is 28.7 Å². The third kappa shape index (κ3) is 5.81. The molecule has 2 aromatic carbocycles. The third-order valence-electron chi connectivity index (χ3n) is 5.59. The summed E-state index contributed by atoms with van der Waals surface area (Å²) in [5.74, 6) is -0.977. The molecule has 1 aliphatic heterocycles. The SMILES string of the molecule is COC(=O)c1cc2c3c(cc(OCCCOC(C)=O)c2[nH]1)C(=O)O[C@H](COCc1ccccc1)C3. The van der Waals surface area contributed by atoms with Gasteiger partial charge in [-0.3, -0.25) is 4.79 Å². The number of cyclic esters (lactones) is 1. The molecule has 0 fully saturated rings. The number of nitrogens with one attached hydrogen (secondary N) is 1. The maximum absolute atomic E-state index is 12.9. The van der Waals surface area contributed by atoms with Crippen molar-refractivity contribution < 1.29 is 38.1 Å². The molecule has 0 saturated heterocycles. The van der Waals surface area contributed by atoms with Gasteiger partial charge in [0, 0.05) is 25.2 Å². The van der Waals surface area contributed by atoms with Crippen molar-refractivity contribution in [1.82, 2.24) is 4.98 Å². The van der Waals surface area contributed by atoms with Crippen LogP contribution in [0, 0.1) is 0 Å². The van der Waals surface area contributed by atoms with Crippen molar-refractivity contribution >= 4 is 28.8 Å². The first-order chi connectivity index (χ1) is 17.0. The quantitative estimate of drug-likeness (QED) is 0.266. The molecule has 35 heavy (non-hydrogen) atoms. The molecule has 1 N–H and O–H groups in total. The van der Waals surface area contributed by atoms with E-state index in [0.29, 0.717) is 41.7 Å². The van der Waals surface area contributed by atoms with E-state index >= 15 is 0 Å². The molecule has 1 aromatic heterocycles. The smallest absolute Gasteiger partial charge is 0.354 e. The maximum Gasteiger partial charge on any atom is 0.354 e. The fraction of sp³-hybridized carbons (Fsp3) is 0.346. The van der Waals surface area contributed by atoms with Crippen LogP contribution in [-0.4, -0.2) is 55.9 Å². The number of methoxy groups -OCH3 is 1. The number of carbonyl (C=O) groups is 3. The normalized spacial score (nSPS) is 14.8. The second kappa shape index (κ2) is 11.1. The molecule has 4 rings (SSSR count). The monoisotopic (exact) mass is 481 g/mol. The number of fused-ring (bicyclic) bond motifs is 3. The summed E-state index contributed by atoms with van der Waals surface area (Å²) in [4.78, 5) is 39.0. The molecular formula is C26H27NO8. The molecule has 0 amide bonds. The Kier molecular flexibility index (Phi) is 7.67. The van der Waals surface area contributed by atoms with Crippen molar-refractivity contribution in [2.24, 2.45) is 0 Å². The van der Waals surface area contributed by atoms with Crippen LogP contribution in [0.25, 0.3) is 10.9 Å². The summed E-state index contributed by atoms with van der Waals surface area (Å²) in [6.07, 6.45) is 0.430. The minimum atomic E-state index is -0.531. The first-order valence-corrected chi connectivity index (χ1v) is 11.3. The van der Waals surface area contributed by atoms with E-state index < -0.39 is 18.0 Å². The van der Waals surface area contributed by atoms with E-state index in [1.54, 1.807) is 12.1 Å². The van der Waals surface area contributed by atoms with Crippen LogP contribution in [0.3, 0.4) is 0 Å². The van der Waals surface area contributed by atoms with E-state index in [1.807, 2.05) is 30.3 Å².